The van der Waals surface area contributed by atoms with Crippen molar-refractivity contribution in [2.45, 2.75) is 6.18 Å². The fraction of sp³-hybridized carbons (Fsp3) is 0.100. The van der Waals surface area contributed by atoms with Crippen molar-refractivity contribution in [1.29, 1.82) is 0 Å². The standard InChI is InChI=1S/C10H5Cl3F3N3/c11-3-1-4(12)9-7(8(3)13)5(19-17)2-6(18-9)10(14,15)16/h1-2H,17H2,(H,18,19). The Hall–Kier alpha value is -0.950. The van der Waals surface area contributed by atoms with E-state index < -0.39 is 11.9 Å². The van der Waals surface area contributed by atoms with Gasteiger partial charge in [-0.2, -0.15) is 13.2 Å². The van der Waals surface area contributed by atoms with Crippen LogP contribution in [0.2, 0.25) is 15.1 Å². The number of hydrogen-bond donors (Lipinski definition) is 2. The molecule has 2 aromatic rings. The van der Waals surface area contributed by atoms with Crippen molar-refractivity contribution in [2.75, 3.05) is 5.43 Å². The minimum Gasteiger partial charge on any atom is -0.323 e. The first-order chi connectivity index (χ1) is 8.75. The average Bonchev–Trinajstić information content (AvgIpc) is 2.33. The molecule has 1 heterocycles. The van der Waals surface area contributed by atoms with Gasteiger partial charge in [0, 0.05) is 5.39 Å². The molecular weight excluding hydrogens is 325 g/mol. The second-order valence-electron chi connectivity index (χ2n) is 3.57. The van der Waals surface area contributed by atoms with Crippen LogP contribution < -0.4 is 11.3 Å². The Morgan fingerprint density at radius 3 is 2.26 bits per heavy atom. The van der Waals surface area contributed by atoms with E-state index in [1.54, 1.807) is 0 Å². The third-order valence-electron chi connectivity index (χ3n) is 2.37. The molecule has 0 unspecified atom stereocenters. The lowest BCUT2D eigenvalue weighted by Gasteiger charge is -2.13. The summed E-state index contributed by atoms with van der Waals surface area (Å²) in [5, 5.41) is 0.203. The largest absolute Gasteiger partial charge is 0.433 e. The average molecular weight is 331 g/mol. The second-order valence-corrected chi connectivity index (χ2v) is 4.77. The van der Waals surface area contributed by atoms with E-state index in [1.807, 2.05) is 0 Å². The molecule has 0 saturated carbocycles. The molecule has 0 aliphatic heterocycles. The number of halogens is 6. The Morgan fingerprint density at radius 2 is 1.74 bits per heavy atom. The molecule has 2 rings (SSSR count). The molecule has 0 bridgehead atoms. The van der Waals surface area contributed by atoms with Gasteiger partial charge in [0.05, 0.1) is 26.3 Å². The molecule has 0 spiro atoms. The number of nitrogen functional groups attached to an aromatic ring is 1. The van der Waals surface area contributed by atoms with Gasteiger partial charge in [0.2, 0.25) is 0 Å². The van der Waals surface area contributed by atoms with Crippen LogP contribution >= 0.6 is 34.8 Å². The number of rotatable bonds is 1. The van der Waals surface area contributed by atoms with Crippen LogP contribution in [0.25, 0.3) is 10.9 Å². The minimum atomic E-state index is -4.63. The summed E-state index contributed by atoms with van der Waals surface area (Å²) in [6.07, 6.45) is -4.63. The molecule has 0 atom stereocenters. The van der Waals surface area contributed by atoms with Crippen molar-refractivity contribution < 1.29 is 13.2 Å². The van der Waals surface area contributed by atoms with Crippen LogP contribution in [-0.2, 0) is 6.18 Å². The SMILES string of the molecule is NNc1cc(C(F)(F)F)nc2c(Cl)cc(Cl)c(Cl)c12. The smallest absolute Gasteiger partial charge is 0.323 e. The summed E-state index contributed by atoms with van der Waals surface area (Å²) >= 11 is 17.6. The summed E-state index contributed by atoms with van der Waals surface area (Å²) in [7, 11) is 0. The van der Waals surface area contributed by atoms with E-state index in [-0.39, 0.29) is 31.7 Å². The first-order valence-electron chi connectivity index (χ1n) is 4.77. The van der Waals surface area contributed by atoms with Crippen molar-refractivity contribution in [3.8, 4) is 0 Å². The molecule has 0 aliphatic rings. The van der Waals surface area contributed by atoms with Gasteiger partial charge in [0.1, 0.15) is 5.69 Å². The summed E-state index contributed by atoms with van der Waals surface area (Å²) in [5.74, 6) is 5.21. The minimum absolute atomic E-state index is 0.0234. The van der Waals surface area contributed by atoms with Gasteiger partial charge in [0.25, 0.3) is 0 Å². The number of nitrogens with two attached hydrogens (primary N) is 1. The highest BCUT2D eigenvalue weighted by atomic mass is 35.5. The number of aromatic nitrogens is 1. The lowest BCUT2D eigenvalue weighted by atomic mass is 10.1. The van der Waals surface area contributed by atoms with Crippen molar-refractivity contribution in [2.24, 2.45) is 5.84 Å². The zero-order chi connectivity index (χ0) is 14.4. The van der Waals surface area contributed by atoms with Gasteiger partial charge in [0.15, 0.2) is 0 Å². The number of hydrogen-bond acceptors (Lipinski definition) is 3. The summed E-state index contributed by atoms with van der Waals surface area (Å²) in [6, 6.07) is 1.96. The van der Waals surface area contributed by atoms with Crippen LogP contribution in [0.15, 0.2) is 12.1 Å². The van der Waals surface area contributed by atoms with Crippen LogP contribution in [0, 0.1) is 0 Å². The highest BCUT2D eigenvalue weighted by Crippen LogP contribution is 2.41. The van der Waals surface area contributed by atoms with Gasteiger partial charge in [-0.1, -0.05) is 34.8 Å². The molecule has 0 radical (unpaired) electrons. The third kappa shape index (κ3) is 2.53. The fourth-order valence-corrected chi connectivity index (χ4v) is 2.31. The lowest BCUT2D eigenvalue weighted by molar-refractivity contribution is -0.140. The van der Waals surface area contributed by atoms with Gasteiger partial charge in [-0.05, 0) is 12.1 Å². The van der Waals surface area contributed by atoms with E-state index in [2.05, 4.69) is 10.4 Å². The Morgan fingerprint density at radius 1 is 1.11 bits per heavy atom. The summed E-state index contributed by atoms with van der Waals surface area (Å²) in [6.45, 7) is 0. The Balaban J connectivity index is 2.93. The van der Waals surface area contributed by atoms with E-state index in [1.165, 1.54) is 6.07 Å². The van der Waals surface area contributed by atoms with Crippen LogP contribution in [0.5, 0.6) is 0 Å². The summed E-state index contributed by atoms with van der Waals surface area (Å²) < 4.78 is 38.1. The lowest BCUT2D eigenvalue weighted by Crippen LogP contribution is -2.13. The number of benzene rings is 1. The summed E-state index contributed by atoms with van der Waals surface area (Å²) in [4.78, 5) is 3.46. The molecule has 0 amide bonds. The molecule has 19 heavy (non-hydrogen) atoms. The first-order valence-corrected chi connectivity index (χ1v) is 5.91. The van der Waals surface area contributed by atoms with Gasteiger partial charge < -0.3 is 5.43 Å². The van der Waals surface area contributed by atoms with E-state index in [9.17, 15) is 13.2 Å². The zero-order valence-electron chi connectivity index (χ0n) is 8.95. The maximum absolute atomic E-state index is 12.7. The molecule has 0 fully saturated rings. The number of pyridine rings is 1. The number of nitrogens with one attached hydrogen (secondary N) is 1. The predicted molar refractivity (Wildman–Crippen MR) is 69.6 cm³/mol. The fourth-order valence-electron chi connectivity index (χ4n) is 1.56. The molecule has 102 valence electrons. The predicted octanol–water partition coefficient (Wildman–Crippen LogP) is 4.50. The Bertz CT molecular complexity index is 658. The highest BCUT2D eigenvalue weighted by molar-refractivity contribution is 6.48. The maximum atomic E-state index is 12.7. The third-order valence-corrected chi connectivity index (χ3v) is 3.45. The quantitative estimate of drug-likeness (QED) is 0.460. The van der Waals surface area contributed by atoms with Crippen molar-refractivity contribution in [3.05, 3.63) is 32.9 Å². The first kappa shape index (κ1) is 14.5. The van der Waals surface area contributed by atoms with Crippen molar-refractivity contribution in [3.63, 3.8) is 0 Å². The summed E-state index contributed by atoms with van der Waals surface area (Å²) in [5.41, 5.74) is 0.815. The van der Waals surface area contributed by atoms with Crippen LogP contribution in [-0.4, -0.2) is 4.98 Å². The van der Waals surface area contributed by atoms with E-state index >= 15 is 0 Å². The molecule has 0 aliphatic carbocycles. The van der Waals surface area contributed by atoms with Crippen LogP contribution in [0.3, 0.4) is 0 Å². The second kappa shape index (κ2) is 4.86. The number of fused-ring (bicyclic) bond motifs is 1. The molecule has 1 aromatic heterocycles. The Labute approximate surface area is 120 Å². The molecule has 9 heteroatoms. The Kier molecular flexibility index (Phi) is 3.70. The van der Waals surface area contributed by atoms with Gasteiger partial charge in [-0.3, -0.25) is 5.84 Å². The maximum Gasteiger partial charge on any atom is 0.433 e. The molecule has 0 saturated heterocycles. The van der Waals surface area contributed by atoms with Gasteiger partial charge in [-0.15, -0.1) is 0 Å². The monoisotopic (exact) mass is 329 g/mol. The topological polar surface area (TPSA) is 50.9 Å². The van der Waals surface area contributed by atoms with Crippen LogP contribution in [0.1, 0.15) is 5.69 Å². The molecular formula is C10H5Cl3F3N3. The van der Waals surface area contributed by atoms with Crippen molar-refractivity contribution in [1.82, 2.24) is 4.98 Å². The normalized spacial score (nSPS) is 11.9. The number of hydrazine groups is 1. The number of anilines is 1. The number of nitrogens with zero attached hydrogens (tertiary/aromatic N) is 1. The van der Waals surface area contributed by atoms with Gasteiger partial charge >= 0.3 is 6.18 Å². The molecule has 3 nitrogen and oxygen atoms in total. The van der Waals surface area contributed by atoms with Crippen molar-refractivity contribution >= 4 is 51.4 Å². The van der Waals surface area contributed by atoms with Gasteiger partial charge in [-0.25, -0.2) is 4.98 Å². The van der Waals surface area contributed by atoms with E-state index in [0.717, 1.165) is 6.07 Å². The van der Waals surface area contributed by atoms with E-state index in [0.29, 0.717) is 0 Å². The highest BCUT2D eigenvalue weighted by Gasteiger charge is 2.34. The number of alkyl halides is 3. The molecule has 3 N–H and O–H groups in total. The van der Waals surface area contributed by atoms with Crippen LogP contribution in [0.4, 0.5) is 18.9 Å². The molecule has 1 aromatic carbocycles. The zero-order valence-corrected chi connectivity index (χ0v) is 11.2. The van der Waals surface area contributed by atoms with E-state index in [4.69, 9.17) is 40.6 Å².